The molecule has 0 bridgehead atoms. The summed E-state index contributed by atoms with van der Waals surface area (Å²) >= 11 is 0. The van der Waals surface area contributed by atoms with E-state index in [9.17, 15) is 0 Å². The molecule has 23 aromatic carbocycles. The second kappa shape index (κ2) is 32.3. The van der Waals surface area contributed by atoms with Crippen LogP contribution in [0.25, 0.3) is 264 Å². The smallest absolute Gasteiger partial charge is 0.0548 e. The van der Waals surface area contributed by atoms with E-state index in [1.165, 1.54) is 247 Å². The van der Waals surface area contributed by atoms with Crippen LogP contribution in [0.5, 0.6) is 0 Å². The van der Waals surface area contributed by atoms with Gasteiger partial charge in [-0.3, -0.25) is 0 Å². The molecule has 0 atom stereocenters. The Balaban J connectivity index is 0.000000102. The molecule has 0 saturated heterocycles. The zero-order valence-corrected chi connectivity index (χ0v) is 77.2. The van der Waals surface area contributed by atoms with Crippen molar-refractivity contribution in [2.45, 2.75) is 0 Å². The fourth-order valence-corrected chi connectivity index (χ4v) is 23.4. The van der Waals surface area contributed by atoms with Crippen LogP contribution in [0.4, 0.5) is 0 Å². The lowest BCUT2D eigenvalue weighted by atomic mass is 10.00. The van der Waals surface area contributed by atoms with Gasteiger partial charge in [-0.25, -0.2) is 0 Å². The summed E-state index contributed by atoms with van der Waals surface area (Å²) in [6.07, 6.45) is 0. The molecule has 0 aliphatic heterocycles. The second-order valence-corrected chi connectivity index (χ2v) is 37.4. The van der Waals surface area contributed by atoms with Gasteiger partial charge in [0.2, 0.25) is 0 Å². The van der Waals surface area contributed by atoms with E-state index < -0.39 is 0 Å². The van der Waals surface area contributed by atoms with Crippen molar-refractivity contribution >= 4 is 196 Å². The van der Waals surface area contributed by atoms with Crippen molar-refractivity contribution in [1.82, 2.24) is 36.5 Å². The Kier molecular flexibility index (Phi) is 18.3. The van der Waals surface area contributed by atoms with Gasteiger partial charge in [0.25, 0.3) is 0 Å². The van der Waals surface area contributed by atoms with E-state index in [-0.39, 0.29) is 0 Å². The van der Waals surface area contributed by atoms with Crippen LogP contribution in [0.2, 0.25) is 0 Å². The molecule has 0 aliphatic carbocycles. The molecule has 0 unspecified atom stereocenters. The van der Waals surface area contributed by atoms with Gasteiger partial charge in [0.1, 0.15) is 0 Å². The van der Waals surface area contributed by atoms with Crippen LogP contribution in [0.1, 0.15) is 0 Å². The van der Waals surface area contributed by atoms with Crippen LogP contribution in [0.15, 0.2) is 522 Å². The Morgan fingerprint density at radius 3 is 0.585 bits per heavy atom. The first-order valence-electron chi connectivity index (χ1n) is 48.8. The van der Waals surface area contributed by atoms with Crippen LogP contribution < -0.4 is 0 Å². The molecule has 8 aromatic heterocycles. The Labute approximate surface area is 816 Å². The van der Waals surface area contributed by atoms with Crippen LogP contribution in [0, 0.1) is 0 Å². The van der Waals surface area contributed by atoms with E-state index in [0.717, 1.165) is 17.1 Å². The van der Waals surface area contributed by atoms with E-state index in [1.807, 2.05) is 0 Å². The lowest BCUT2D eigenvalue weighted by molar-refractivity contribution is 1.16. The van der Waals surface area contributed by atoms with Crippen molar-refractivity contribution in [3.05, 3.63) is 522 Å². The maximum atomic E-state index is 2.46. The quantitative estimate of drug-likeness (QED) is 0.131. The number of aromatic nitrogens is 8. The number of hydrogen-bond acceptors (Lipinski definition) is 0. The van der Waals surface area contributed by atoms with Gasteiger partial charge >= 0.3 is 0 Å². The Morgan fingerprint density at radius 2 is 0.275 bits per heavy atom. The van der Waals surface area contributed by atoms with Crippen molar-refractivity contribution in [3.63, 3.8) is 0 Å². The number of nitrogens with zero attached hydrogens (tertiary/aromatic N) is 8. The number of hydrogen-bond donors (Lipinski definition) is 0. The molecule has 8 heterocycles. The van der Waals surface area contributed by atoms with Crippen molar-refractivity contribution in [3.8, 4) is 67.8 Å². The molecule has 8 nitrogen and oxygen atoms in total. The normalized spacial score (nSPS) is 11.9. The molecule has 31 aromatic rings. The summed E-state index contributed by atoms with van der Waals surface area (Å²) in [4.78, 5) is 0. The molecule has 142 heavy (non-hydrogen) atoms. The number of benzene rings is 23. The highest BCUT2D eigenvalue weighted by atomic mass is 15.0. The fraction of sp³-hybridized carbons (Fsp3) is 0. The van der Waals surface area contributed by atoms with E-state index in [2.05, 4.69) is 558 Å². The van der Waals surface area contributed by atoms with E-state index in [1.54, 1.807) is 0 Å². The zero-order valence-electron chi connectivity index (χ0n) is 77.2. The second-order valence-electron chi connectivity index (χ2n) is 37.4. The highest BCUT2D eigenvalue weighted by molar-refractivity contribution is 6.24. The van der Waals surface area contributed by atoms with Crippen molar-refractivity contribution in [1.29, 1.82) is 0 Å². The van der Waals surface area contributed by atoms with Gasteiger partial charge < -0.3 is 36.5 Å². The fourth-order valence-electron chi connectivity index (χ4n) is 23.4. The van der Waals surface area contributed by atoms with Gasteiger partial charge in [-0.1, -0.05) is 328 Å². The van der Waals surface area contributed by atoms with Gasteiger partial charge in [0.05, 0.1) is 88.3 Å². The Bertz CT molecular complexity index is 10600. The molecule has 0 aliphatic rings. The van der Waals surface area contributed by atoms with Crippen LogP contribution in [-0.4, -0.2) is 36.5 Å². The lowest BCUT2D eigenvalue weighted by Crippen LogP contribution is -1.96. The number of para-hydroxylation sites is 11. The third kappa shape index (κ3) is 12.7. The first kappa shape index (κ1) is 80.3. The highest BCUT2D eigenvalue weighted by Crippen LogP contribution is 2.48. The molecular formula is C134H86N8. The minimum Gasteiger partial charge on any atom is -0.309 e. The molecule has 8 heteroatoms. The molecular weight excluding hydrogens is 1720 g/mol. The summed E-state index contributed by atoms with van der Waals surface area (Å²) in [6, 6.07) is 190. The van der Waals surface area contributed by atoms with Crippen LogP contribution >= 0.6 is 0 Å². The third-order valence-electron chi connectivity index (χ3n) is 29.7. The van der Waals surface area contributed by atoms with Crippen molar-refractivity contribution in [2.24, 2.45) is 0 Å². The molecule has 0 amide bonds. The van der Waals surface area contributed by atoms with E-state index >= 15 is 0 Å². The van der Waals surface area contributed by atoms with E-state index in [4.69, 9.17) is 0 Å². The third-order valence-corrected chi connectivity index (χ3v) is 29.7. The maximum absolute atomic E-state index is 2.46. The molecule has 0 N–H and O–H groups in total. The summed E-state index contributed by atoms with van der Waals surface area (Å²) in [7, 11) is 0. The van der Waals surface area contributed by atoms with Gasteiger partial charge in [-0.15, -0.1) is 0 Å². The molecule has 0 saturated carbocycles. The number of fused-ring (bicyclic) bond motifs is 26. The molecule has 0 spiro atoms. The average molecular weight is 1810 g/mol. The molecule has 0 fully saturated rings. The monoisotopic (exact) mass is 1810 g/mol. The van der Waals surface area contributed by atoms with Gasteiger partial charge in [0.15, 0.2) is 0 Å². The van der Waals surface area contributed by atoms with Crippen LogP contribution in [0.3, 0.4) is 0 Å². The lowest BCUT2D eigenvalue weighted by Gasteiger charge is -2.12. The summed E-state index contributed by atoms with van der Waals surface area (Å²) in [5.74, 6) is 0. The standard InChI is InChI=1S/C46H29N3.C46H30N2.C42H27N3/c1-2-14-32(15-3-1)47-41-19-9-7-17-36(41)39-29-46-40(28-45(39)47)37-18-8-11-21-43(37)49(46)34-24-25-44-38(27-34)35-16-6-10-20-42(35)48(44)33-23-22-30-12-4-5-13-31(30)26-33;1-2-11-31(12-3-1)33-21-23-34(24-22-33)36-15-10-16-37(27-36)47-43-19-8-6-17-39(43)41-30-46-42(29-45(41)47)40-18-7-9-20-44(40)48(46)38-26-25-32-13-4-5-14-35(32)28-38;1-3-13-28(14-4-1)43-37-20-10-7-17-31(37)34-25-30(23-24-40(34)43)45-39-22-12-9-19-33(39)36-26-41-35(27-42(36)45)32-18-8-11-21-38(32)44(41)29-15-5-2-6-16-29/h1-29H;1-30H;1-27H. The summed E-state index contributed by atoms with van der Waals surface area (Å²) in [5, 5.41) is 25.0. The van der Waals surface area contributed by atoms with Gasteiger partial charge in [0, 0.05) is 132 Å². The Morgan fingerprint density at radius 1 is 0.0845 bits per heavy atom. The summed E-state index contributed by atoms with van der Waals surface area (Å²) in [5.41, 5.74) is 33.6. The minimum absolute atomic E-state index is 1.16. The SMILES string of the molecule is c1ccc(-c2ccc(-c3cccc(-n4c5ccccc5c5cc6c(cc54)c4ccccc4n6-c4ccc5ccccc5c4)c3)cc2)cc1.c1ccc(-n2c3ccccc3c3cc(-n4c5ccccc5c5cc6c(cc54)c4ccccc4n6-c4ccccc4)ccc32)cc1.c1ccc(-n2c3ccccc3c3cc4c(cc32)c2ccccc2n4-c2ccc3c(c2)c2ccccc2n3-c2ccc3ccccc3c2)cc1. The van der Waals surface area contributed by atoms with E-state index in [0.29, 0.717) is 0 Å². The van der Waals surface area contributed by atoms with Crippen LogP contribution in [-0.2, 0) is 0 Å². The molecule has 0 radical (unpaired) electrons. The van der Waals surface area contributed by atoms with Gasteiger partial charge in [-0.2, -0.15) is 0 Å². The predicted octanol–water partition coefficient (Wildman–Crippen LogP) is 35.5. The maximum Gasteiger partial charge on any atom is 0.0548 e. The minimum atomic E-state index is 1.16. The number of rotatable bonds is 10. The highest BCUT2D eigenvalue weighted by Gasteiger charge is 2.26. The van der Waals surface area contributed by atoms with Crippen molar-refractivity contribution < 1.29 is 0 Å². The van der Waals surface area contributed by atoms with Gasteiger partial charge in [-0.05, 0) is 238 Å². The first-order valence-corrected chi connectivity index (χ1v) is 48.8. The molecule has 662 valence electrons. The summed E-state index contributed by atoms with van der Waals surface area (Å²) < 4.78 is 19.4. The topological polar surface area (TPSA) is 39.4 Å². The average Bonchev–Trinajstić information content (AvgIpc) is 1.56. The summed E-state index contributed by atoms with van der Waals surface area (Å²) in [6.45, 7) is 0. The predicted molar refractivity (Wildman–Crippen MR) is 600 cm³/mol. The van der Waals surface area contributed by atoms with Crippen molar-refractivity contribution in [2.75, 3.05) is 0 Å². The largest absolute Gasteiger partial charge is 0.309 e. The molecule has 31 rings (SSSR count). The Hall–Kier alpha value is -19.0. The first-order chi connectivity index (χ1) is 70.5. The zero-order chi connectivity index (χ0) is 93.1.